The number of nitrogens with zero attached hydrogens (tertiary/aromatic N) is 1. The van der Waals surface area contributed by atoms with Gasteiger partial charge in [0, 0.05) is 0 Å². The fourth-order valence-corrected chi connectivity index (χ4v) is 3.36. The third-order valence-corrected chi connectivity index (χ3v) is 5.09. The van der Waals surface area contributed by atoms with E-state index in [2.05, 4.69) is 41.8 Å². The van der Waals surface area contributed by atoms with Crippen molar-refractivity contribution in [1.82, 2.24) is 0 Å². The van der Waals surface area contributed by atoms with E-state index in [9.17, 15) is 0 Å². The molecule has 0 heterocycles. The molecule has 0 radical (unpaired) electrons. The Hall–Kier alpha value is -0.0400. The normalized spacial score (nSPS) is 12.5. The quantitative estimate of drug-likeness (QED) is 0.210. The third-order valence-electron chi connectivity index (χ3n) is 5.09. The van der Waals surface area contributed by atoms with Crippen LogP contribution in [0.1, 0.15) is 105 Å². The highest BCUT2D eigenvalue weighted by Gasteiger charge is 2.13. The average molecular weight is 327 g/mol. The van der Waals surface area contributed by atoms with Crippen molar-refractivity contribution in [2.24, 2.45) is 11.8 Å². The zero-order chi connectivity index (χ0) is 17.6. The Bertz CT molecular complexity index is 218. The lowest BCUT2D eigenvalue weighted by atomic mass is 10.0. The largest absolute Gasteiger partial charge is 0.328 e. The molecule has 23 heavy (non-hydrogen) atoms. The highest BCUT2D eigenvalue weighted by atomic mass is 15.3. The Morgan fingerprint density at radius 1 is 0.478 bits per heavy atom. The number of rotatable bonds is 16. The molecule has 0 aliphatic rings. The van der Waals surface area contributed by atoms with E-state index in [1.165, 1.54) is 94.6 Å². The first-order valence-corrected chi connectivity index (χ1v) is 10.7. The molecule has 0 atom stereocenters. The summed E-state index contributed by atoms with van der Waals surface area (Å²) in [6.45, 7) is 12.1. The van der Waals surface area contributed by atoms with Crippen LogP contribution in [0, 0.1) is 11.8 Å². The maximum Gasteiger partial charge on any atom is 0.0782 e. The van der Waals surface area contributed by atoms with Crippen molar-refractivity contribution in [1.29, 1.82) is 0 Å². The van der Waals surface area contributed by atoms with E-state index in [0.717, 1.165) is 11.8 Å². The van der Waals surface area contributed by atoms with E-state index in [-0.39, 0.29) is 0 Å². The van der Waals surface area contributed by atoms with Crippen LogP contribution in [0.3, 0.4) is 0 Å². The van der Waals surface area contributed by atoms with Gasteiger partial charge in [-0.15, -0.1) is 0 Å². The molecule has 0 aliphatic heterocycles. The lowest BCUT2D eigenvalue weighted by Crippen LogP contribution is -2.41. The lowest BCUT2D eigenvalue weighted by Gasteiger charge is -2.30. The van der Waals surface area contributed by atoms with Gasteiger partial charge in [-0.2, -0.15) is 0 Å². The van der Waals surface area contributed by atoms with Crippen LogP contribution in [0.2, 0.25) is 0 Å². The van der Waals surface area contributed by atoms with Crippen LogP contribution in [0.25, 0.3) is 0 Å². The minimum atomic E-state index is 0.885. The van der Waals surface area contributed by atoms with Crippen molar-refractivity contribution in [3.8, 4) is 0 Å². The van der Waals surface area contributed by atoms with E-state index in [1.807, 2.05) is 0 Å². The summed E-state index contributed by atoms with van der Waals surface area (Å²) >= 11 is 0. The van der Waals surface area contributed by atoms with E-state index in [0.29, 0.717) is 0 Å². The molecule has 1 nitrogen and oxygen atoms in total. The van der Waals surface area contributed by atoms with Gasteiger partial charge in [0.1, 0.15) is 0 Å². The molecular weight excluding hydrogens is 278 g/mol. The first kappa shape index (κ1) is 23.0. The summed E-state index contributed by atoms with van der Waals surface area (Å²) < 4.78 is 1.23. The summed E-state index contributed by atoms with van der Waals surface area (Å²) in [5.41, 5.74) is 0. The highest BCUT2D eigenvalue weighted by molar-refractivity contribution is 4.50. The van der Waals surface area contributed by atoms with Crippen LogP contribution in [-0.4, -0.2) is 31.7 Å². The molecule has 0 spiro atoms. The summed E-state index contributed by atoms with van der Waals surface area (Å²) in [5.74, 6) is 1.77. The molecule has 0 aliphatic carbocycles. The Morgan fingerprint density at radius 3 is 1.13 bits per heavy atom. The number of hydrogen-bond donors (Lipinski definition) is 0. The maximum atomic E-state index is 2.43. The second-order valence-corrected chi connectivity index (χ2v) is 9.28. The van der Waals surface area contributed by atoms with Crippen LogP contribution in [0.15, 0.2) is 0 Å². The molecule has 140 valence electrons. The van der Waals surface area contributed by atoms with E-state index in [1.54, 1.807) is 0 Å². The van der Waals surface area contributed by atoms with Crippen molar-refractivity contribution >= 4 is 0 Å². The van der Waals surface area contributed by atoms with Crippen LogP contribution in [0.5, 0.6) is 0 Å². The summed E-state index contributed by atoms with van der Waals surface area (Å²) in [5, 5.41) is 0. The molecule has 0 saturated carbocycles. The van der Waals surface area contributed by atoms with E-state index < -0.39 is 0 Å². The topological polar surface area (TPSA) is 0 Å². The zero-order valence-electron chi connectivity index (χ0n) is 17.5. The predicted octanol–water partition coefficient (Wildman–Crippen LogP) is 7.06. The van der Waals surface area contributed by atoms with Gasteiger partial charge in [-0.25, -0.2) is 0 Å². The molecule has 0 aromatic rings. The molecule has 0 N–H and O–H groups in total. The first-order chi connectivity index (χ1) is 10.8. The van der Waals surface area contributed by atoms with Gasteiger partial charge >= 0.3 is 0 Å². The van der Waals surface area contributed by atoms with Crippen LogP contribution in [0.4, 0.5) is 0 Å². The van der Waals surface area contributed by atoms with Crippen molar-refractivity contribution in [3.63, 3.8) is 0 Å². The smallest absolute Gasteiger partial charge is 0.0782 e. The van der Waals surface area contributed by atoms with Gasteiger partial charge in [0.15, 0.2) is 0 Å². The molecule has 1 heteroatoms. The molecule has 0 fully saturated rings. The minimum absolute atomic E-state index is 0.885. The second kappa shape index (κ2) is 14.3. The number of quaternary nitrogens is 1. The van der Waals surface area contributed by atoms with E-state index >= 15 is 0 Å². The van der Waals surface area contributed by atoms with Gasteiger partial charge in [0.25, 0.3) is 0 Å². The van der Waals surface area contributed by atoms with E-state index in [4.69, 9.17) is 0 Å². The fraction of sp³-hybridized carbons (Fsp3) is 1.00. The van der Waals surface area contributed by atoms with Crippen molar-refractivity contribution < 1.29 is 4.48 Å². The Kier molecular flexibility index (Phi) is 14.3. The van der Waals surface area contributed by atoms with Crippen molar-refractivity contribution in [2.75, 3.05) is 27.2 Å². The van der Waals surface area contributed by atoms with Crippen molar-refractivity contribution in [3.05, 3.63) is 0 Å². The van der Waals surface area contributed by atoms with Crippen molar-refractivity contribution in [2.45, 2.75) is 105 Å². The molecule has 0 bridgehead atoms. The Labute approximate surface area is 148 Å². The number of hydrogen-bond acceptors (Lipinski definition) is 0. The van der Waals surface area contributed by atoms with Crippen LogP contribution < -0.4 is 0 Å². The van der Waals surface area contributed by atoms with Gasteiger partial charge in [0.05, 0.1) is 27.2 Å². The van der Waals surface area contributed by atoms with Gasteiger partial charge in [-0.05, 0) is 37.5 Å². The number of unbranched alkanes of at least 4 members (excludes halogenated alkanes) is 8. The third kappa shape index (κ3) is 18.1. The SMILES string of the molecule is CC(C)CCCCCCC[N+](C)(C)CCCCCCCC(C)C. The van der Waals surface area contributed by atoms with Gasteiger partial charge in [-0.1, -0.05) is 79.1 Å². The van der Waals surface area contributed by atoms with Crippen LogP contribution in [-0.2, 0) is 0 Å². The monoisotopic (exact) mass is 326 g/mol. The molecular formula is C22H48N+. The summed E-state index contributed by atoms with van der Waals surface area (Å²) in [6, 6.07) is 0. The Morgan fingerprint density at radius 2 is 0.783 bits per heavy atom. The molecule has 0 aromatic carbocycles. The van der Waals surface area contributed by atoms with Gasteiger partial charge in [0.2, 0.25) is 0 Å². The lowest BCUT2D eigenvalue weighted by molar-refractivity contribution is -0.890. The molecule has 0 unspecified atom stereocenters. The maximum absolute atomic E-state index is 2.43. The Balaban J connectivity index is 3.40. The first-order valence-electron chi connectivity index (χ1n) is 10.7. The zero-order valence-corrected chi connectivity index (χ0v) is 17.5. The van der Waals surface area contributed by atoms with Gasteiger partial charge in [-0.3, -0.25) is 0 Å². The summed E-state index contributed by atoms with van der Waals surface area (Å²) in [6.07, 6.45) is 17.2. The summed E-state index contributed by atoms with van der Waals surface area (Å²) in [4.78, 5) is 0. The molecule has 0 saturated heterocycles. The minimum Gasteiger partial charge on any atom is -0.328 e. The predicted molar refractivity (Wildman–Crippen MR) is 107 cm³/mol. The molecule has 0 aromatic heterocycles. The van der Waals surface area contributed by atoms with Crippen LogP contribution >= 0.6 is 0 Å². The van der Waals surface area contributed by atoms with Gasteiger partial charge < -0.3 is 4.48 Å². The standard InChI is InChI=1S/C22H48N/c1-21(2)17-13-9-7-11-15-19-23(5,6)20-16-12-8-10-14-18-22(3)4/h21-22H,7-20H2,1-6H3/q+1. The summed E-state index contributed by atoms with van der Waals surface area (Å²) in [7, 11) is 4.86. The second-order valence-electron chi connectivity index (χ2n) is 9.28. The fourth-order valence-electron chi connectivity index (χ4n) is 3.36. The molecule has 0 rings (SSSR count). The average Bonchev–Trinajstić information content (AvgIpc) is 2.44. The molecule has 0 amide bonds. The highest BCUT2D eigenvalue weighted by Crippen LogP contribution is 2.14.